The second kappa shape index (κ2) is 8.24. The van der Waals surface area contributed by atoms with E-state index in [0.29, 0.717) is 23.2 Å². The monoisotopic (exact) mass is 280 g/mol. The number of rotatable bonds is 5. The summed E-state index contributed by atoms with van der Waals surface area (Å²) in [4.78, 5) is 0. The van der Waals surface area contributed by atoms with Gasteiger partial charge in [0.15, 0.2) is 0 Å². The third-order valence-electron chi connectivity index (χ3n) is 2.94. The zero-order valence-electron chi connectivity index (χ0n) is 11.7. The van der Waals surface area contributed by atoms with Crippen LogP contribution in [-0.2, 0) is 5.75 Å². The van der Waals surface area contributed by atoms with Crippen LogP contribution in [-0.4, -0.2) is 17.0 Å². The Morgan fingerprint density at radius 1 is 1.32 bits per heavy atom. The molecule has 0 radical (unpaired) electrons. The molecule has 1 rings (SSSR count). The fraction of sp³-hybridized carbons (Fsp3) is 0.500. The molecule has 0 bridgehead atoms. The van der Waals surface area contributed by atoms with Crippen molar-refractivity contribution in [3.05, 3.63) is 35.1 Å². The van der Waals surface area contributed by atoms with E-state index in [1.807, 2.05) is 17.8 Å². The minimum Gasteiger partial charge on any atom is -0.395 e. The van der Waals surface area contributed by atoms with Crippen molar-refractivity contribution in [3.63, 3.8) is 0 Å². The van der Waals surface area contributed by atoms with Gasteiger partial charge < -0.3 is 5.11 Å². The molecule has 1 nitrogen and oxygen atoms in total. The quantitative estimate of drug-likeness (QED) is 0.827. The summed E-state index contributed by atoms with van der Waals surface area (Å²) in [7, 11) is 0. The molecular formula is C16H21FOS. The molecule has 0 saturated heterocycles. The van der Waals surface area contributed by atoms with Crippen LogP contribution < -0.4 is 0 Å². The Kier molecular flexibility index (Phi) is 6.97. The Hall–Kier alpha value is -0.980. The third kappa shape index (κ3) is 5.67. The highest BCUT2D eigenvalue weighted by Gasteiger charge is 2.08. The standard InChI is InChI=1S/C16H21FOS/c1-12(2)13(3)19-11-14-7-8-16(17)15(10-14)6-4-5-9-18/h7-8,10,12-13,18H,5,9,11H2,1-3H3. The van der Waals surface area contributed by atoms with Crippen LogP contribution in [0.4, 0.5) is 4.39 Å². The van der Waals surface area contributed by atoms with Gasteiger partial charge in [0.2, 0.25) is 0 Å². The molecule has 1 N–H and O–H groups in total. The van der Waals surface area contributed by atoms with Gasteiger partial charge in [0.05, 0.1) is 12.2 Å². The van der Waals surface area contributed by atoms with Gasteiger partial charge in [0.25, 0.3) is 0 Å². The third-order valence-corrected chi connectivity index (χ3v) is 4.51. The summed E-state index contributed by atoms with van der Waals surface area (Å²) >= 11 is 1.87. The highest BCUT2D eigenvalue weighted by molar-refractivity contribution is 7.99. The molecule has 0 amide bonds. The van der Waals surface area contributed by atoms with Crippen LogP contribution >= 0.6 is 11.8 Å². The lowest BCUT2D eigenvalue weighted by Gasteiger charge is -2.14. The van der Waals surface area contributed by atoms with Gasteiger partial charge in [-0.05, 0) is 23.6 Å². The first-order valence-electron chi connectivity index (χ1n) is 6.54. The lowest BCUT2D eigenvalue weighted by Crippen LogP contribution is -2.05. The molecule has 0 aliphatic heterocycles. The van der Waals surface area contributed by atoms with Crippen LogP contribution in [0.3, 0.4) is 0 Å². The van der Waals surface area contributed by atoms with Gasteiger partial charge in [0.1, 0.15) is 5.82 Å². The molecule has 0 fully saturated rings. The van der Waals surface area contributed by atoms with Crippen LogP contribution in [0.15, 0.2) is 18.2 Å². The van der Waals surface area contributed by atoms with E-state index >= 15 is 0 Å². The van der Waals surface area contributed by atoms with E-state index in [1.165, 1.54) is 6.07 Å². The van der Waals surface area contributed by atoms with E-state index in [0.717, 1.165) is 11.3 Å². The van der Waals surface area contributed by atoms with Crippen molar-refractivity contribution in [1.82, 2.24) is 0 Å². The predicted octanol–water partition coefficient (Wildman–Crippen LogP) is 3.84. The van der Waals surface area contributed by atoms with Crippen molar-refractivity contribution in [3.8, 4) is 11.8 Å². The maximum Gasteiger partial charge on any atom is 0.138 e. The van der Waals surface area contributed by atoms with Gasteiger partial charge in [-0.3, -0.25) is 0 Å². The zero-order chi connectivity index (χ0) is 14.3. The number of benzene rings is 1. The van der Waals surface area contributed by atoms with Gasteiger partial charge in [-0.25, -0.2) is 4.39 Å². The molecule has 3 heteroatoms. The highest BCUT2D eigenvalue weighted by atomic mass is 32.2. The molecule has 1 unspecified atom stereocenters. The SMILES string of the molecule is CC(C)C(C)SCc1ccc(F)c(C#CCCO)c1. The first kappa shape index (κ1) is 16.1. The summed E-state index contributed by atoms with van der Waals surface area (Å²) in [6, 6.07) is 5.09. The van der Waals surface area contributed by atoms with E-state index in [1.54, 1.807) is 6.07 Å². The fourth-order valence-electron chi connectivity index (χ4n) is 1.39. The van der Waals surface area contributed by atoms with E-state index < -0.39 is 0 Å². The average Bonchev–Trinajstić information content (AvgIpc) is 2.39. The number of halogens is 1. The molecule has 1 atom stereocenters. The van der Waals surface area contributed by atoms with Crippen LogP contribution in [0.1, 0.15) is 38.3 Å². The van der Waals surface area contributed by atoms with E-state index in [4.69, 9.17) is 5.11 Å². The first-order valence-corrected chi connectivity index (χ1v) is 7.59. The van der Waals surface area contributed by atoms with Crippen molar-refractivity contribution < 1.29 is 9.50 Å². The maximum atomic E-state index is 13.6. The average molecular weight is 280 g/mol. The number of hydrogen-bond acceptors (Lipinski definition) is 2. The summed E-state index contributed by atoms with van der Waals surface area (Å²) < 4.78 is 13.6. The lowest BCUT2D eigenvalue weighted by molar-refractivity contribution is 0.305. The van der Waals surface area contributed by atoms with Crippen LogP contribution in [0.2, 0.25) is 0 Å². The molecule has 104 valence electrons. The summed E-state index contributed by atoms with van der Waals surface area (Å²) in [5, 5.41) is 9.24. The van der Waals surface area contributed by atoms with Crippen LogP contribution in [0, 0.1) is 23.6 Å². The van der Waals surface area contributed by atoms with Gasteiger partial charge in [0, 0.05) is 17.4 Å². The Balaban J connectivity index is 2.71. The van der Waals surface area contributed by atoms with Crippen molar-refractivity contribution in [2.75, 3.05) is 6.61 Å². The molecule has 0 aromatic heterocycles. The highest BCUT2D eigenvalue weighted by Crippen LogP contribution is 2.23. The smallest absolute Gasteiger partial charge is 0.138 e. The molecule has 19 heavy (non-hydrogen) atoms. The van der Waals surface area contributed by atoms with E-state index in [9.17, 15) is 4.39 Å². The largest absolute Gasteiger partial charge is 0.395 e. The molecule has 0 aliphatic rings. The minimum absolute atomic E-state index is 0.00998. The summed E-state index contributed by atoms with van der Waals surface area (Å²) in [6.07, 6.45) is 0.378. The lowest BCUT2D eigenvalue weighted by atomic mass is 10.1. The molecule has 0 aliphatic carbocycles. The molecular weight excluding hydrogens is 259 g/mol. The van der Waals surface area contributed by atoms with Gasteiger partial charge in [-0.2, -0.15) is 11.8 Å². The number of thioether (sulfide) groups is 1. The van der Waals surface area contributed by atoms with Crippen molar-refractivity contribution >= 4 is 11.8 Å². The van der Waals surface area contributed by atoms with Crippen LogP contribution in [0.25, 0.3) is 0 Å². The Morgan fingerprint density at radius 3 is 2.68 bits per heavy atom. The summed E-state index contributed by atoms with van der Waals surface area (Å²) in [5.74, 6) is 6.73. The second-order valence-corrected chi connectivity index (χ2v) is 6.22. The molecule has 1 aromatic carbocycles. The van der Waals surface area contributed by atoms with Gasteiger partial charge in [-0.15, -0.1) is 0 Å². The number of aliphatic hydroxyl groups excluding tert-OH is 1. The van der Waals surface area contributed by atoms with E-state index in [2.05, 4.69) is 32.6 Å². The van der Waals surface area contributed by atoms with Crippen LogP contribution in [0.5, 0.6) is 0 Å². The molecule has 0 heterocycles. The molecule has 0 spiro atoms. The molecule has 0 saturated carbocycles. The predicted molar refractivity (Wildman–Crippen MR) is 80.6 cm³/mol. The maximum absolute atomic E-state index is 13.6. The topological polar surface area (TPSA) is 20.2 Å². The Bertz CT molecular complexity index is 460. The fourth-order valence-corrected chi connectivity index (χ4v) is 2.41. The Morgan fingerprint density at radius 2 is 2.05 bits per heavy atom. The van der Waals surface area contributed by atoms with Gasteiger partial charge in [-0.1, -0.05) is 38.7 Å². The second-order valence-electron chi connectivity index (χ2n) is 4.85. The summed E-state index contributed by atoms with van der Waals surface area (Å²) in [5.41, 5.74) is 1.51. The first-order chi connectivity index (χ1) is 9.04. The van der Waals surface area contributed by atoms with Crippen molar-refractivity contribution in [2.24, 2.45) is 5.92 Å². The van der Waals surface area contributed by atoms with Crippen molar-refractivity contribution in [2.45, 2.75) is 38.2 Å². The number of hydrogen-bond donors (Lipinski definition) is 1. The van der Waals surface area contributed by atoms with E-state index in [-0.39, 0.29) is 12.4 Å². The zero-order valence-corrected chi connectivity index (χ0v) is 12.6. The van der Waals surface area contributed by atoms with Crippen molar-refractivity contribution in [1.29, 1.82) is 0 Å². The molecule has 1 aromatic rings. The number of aliphatic hydroxyl groups is 1. The van der Waals surface area contributed by atoms with Gasteiger partial charge >= 0.3 is 0 Å². The Labute approximate surface area is 119 Å². The minimum atomic E-state index is -0.295. The normalized spacial score (nSPS) is 12.1. The summed E-state index contributed by atoms with van der Waals surface area (Å²) in [6.45, 7) is 6.62.